The van der Waals surface area contributed by atoms with Crippen molar-refractivity contribution < 1.29 is 9.59 Å². The molecular formula is C20H24N2O2. The molecule has 0 spiro atoms. The van der Waals surface area contributed by atoms with Gasteiger partial charge in [-0.15, -0.1) is 0 Å². The van der Waals surface area contributed by atoms with Crippen LogP contribution >= 0.6 is 0 Å². The van der Waals surface area contributed by atoms with Gasteiger partial charge in [0.05, 0.1) is 6.54 Å². The molecule has 0 saturated carbocycles. The first-order valence-corrected chi connectivity index (χ1v) is 8.26. The molecule has 126 valence electrons. The number of aryl methyl sites for hydroxylation is 1. The van der Waals surface area contributed by atoms with E-state index in [-0.39, 0.29) is 18.4 Å². The predicted octanol–water partition coefficient (Wildman–Crippen LogP) is 3.16. The quantitative estimate of drug-likeness (QED) is 0.850. The molecule has 2 aromatic carbocycles. The van der Waals surface area contributed by atoms with Crippen LogP contribution in [-0.4, -0.2) is 29.8 Å². The number of rotatable bonds is 7. The van der Waals surface area contributed by atoms with Crippen molar-refractivity contribution in [2.24, 2.45) is 0 Å². The molecule has 4 nitrogen and oxygen atoms in total. The Bertz CT molecular complexity index is 666. The number of nitrogens with one attached hydrogen (secondary N) is 1. The van der Waals surface area contributed by atoms with Gasteiger partial charge in [-0.2, -0.15) is 0 Å². The second kappa shape index (κ2) is 8.87. The second-order valence-electron chi connectivity index (χ2n) is 5.85. The summed E-state index contributed by atoms with van der Waals surface area (Å²) in [4.78, 5) is 26.3. The van der Waals surface area contributed by atoms with Crippen LogP contribution in [0, 0.1) is 6.92 Å². The van der Waals surface area contributed by atoms with E-state index in [9.17, 15) is 9.59 Å². The highest BCUT2D eigenvalue weighted by Crippen LogP contribution is 2.06. The van der Waals surface area contributed by atoms with Crippen LogP contribution in [0.15, 0.2) is 54.6 Å². The highest BCUT2D eigenvalue weighted by Gasteiger charge is 2.14. The van der Waals surface area contributed by atoms with Crippen molar-refractivity contribution >= 4 is 11.8 Å². The molecule has 2 aromatic rings. The van der Waals surface area contributed by atoms with Gasteiger partial charge in [0, 0.05) is 18.7 Å². The molecule has 0 aliphatic carbocycles. The lowest BCUT2D eigenvalue weighted by molar-refractivity contribution is -0.130. The SMILES string of the molecule is CCCN(Cc1ccccc1)C(=O)CNC(=O)c1ccc(C)cc1. The van der Waals surface area contributed by atoms with Crippen LogP contribution in [0.1, 0.15) is 34.8 Å². The van der Waals surface area contributed by atoms with Crippen LogP contribution in [0.3, 0.4) is 0 Å². The van der Waals surface area contributed by atoms with Crippen molar-refractivity contribution in [1.82, 2.24) is 10.2 Å². The number of hydrogen-bond donors (Lipinski definition) is 1. The molecule has 0 aliphatic heterocycles. The van der Waals surface area contributed by atoms with Gasteiger partial charge in [-0.1, -0.05) is 55.0 Å². The van der Waals surface area contributed by atoms with Gasteiger partial charge in [0.15, 0.2) is 0 Å². The van der Waals surface area contributed by atoms with Gasteiger partial charge in [0.2, 0.25) is 5.91 Å². The topological polar surface area (TPSA) is 49.4 Å². The van der Waals surface area contributed by atoms with Gasteiger partial charge in [0.25, 0.3) is 5.91 Å². The molecule has 4 heteroatoms. The third-order valence-electron chi connectivity index (χ3n) is 3.78. The third kappa shape index (κ3) is 5.23. The maximum absolute atomic E-state index is 12.4. The number of nitrogens with zero attached hydrogens (tertiary/aromatic N) is 1. The van der Waals surface area contributed by atoms with Crippen LogP contribution in [0.2, 0.25) is 0 Å². The predicted molar refractivity (Wildman–Crippen MR) is 95.7 cm³/mol. The van der Waals surface area contributed by atoms with E-state index in [0.717, 1.165) is 17.5 Å². The van der Waals surface area contributed by atoms with Gasteiger partial charge < -0.3 is 10.2 Å². The van der Waals surface area contributed by atoms with Crippen LogP contribution in [0.25, 0.3) is 0 Å². The summed E-state index contributed by atoms with van der Waals surface area (Å²) in [7, 11) is 0. The van der Waals surface area contributed by atoms with Crippen molar-refractivity contribution in [1.29, 1.82) is 0 Å². The van der Waals surface area contributed by atoms with Gasteiger partial charge in [0.1, 0.15) is 0 Å². The molecule has 0 unspecified atom stereocenters. The van der Waals surface area contributed by atoms with E-state index in [2.05, 4.69) is 5.32 Å². The summed E-state index contributed by atoms with van der Waals surface area (Å²) in [6.45, 7) is 5.26. The lowest BCUT2D eigenvalue weighted by Crippen LogP contribution is -2.40. The van der Waals surface area contributed by atoms with E-state index in [0.29, 0.717) is 18.7 Å². The fourth-order valence-corrected chi connectivity index (χ4v) is 2.44. The van der Waals surface area contributed by atoms with E-state index in [4.69, 9.17) is 0 Å². The third-order valence-corrected chi connectivity index (χ3v) is 3.78. The van der Waals surface area contributed by atoms with Gasteiger partial charge >= 0.3 is 0 Å². The summed E-state index contributed by atoms with van der Waals surface area (Å²) in [6.07, 6.45) is 0.879. The van der Waals surface area contributed by atoms with E-state index < -0.39 is 0 Å². The number of benzene rings is 2. The van der Waals surface area contributed by atoms with Gasteiger partial charge in [-0.05, 0) is 31.0 Å². The molecule has 1 N–H and O–H groups in total. The van der Waals surface area contributed by atoms with Crippen molar-refractivity contribution in [3.8, 4) is 0 Å². The largest absolute Gasteiger partial charge is 0.343 e. The summed E-state index contributed by atoms with van der Waals surface area (Å²) in [5.74, 6) is -0.291. The molecule has 0 atom stereocenters. The van der Waals surface area contributed by atoms with Crippen LogP contribution in [0.5, 0.6) is 0 Å². The summed E-state index contributed by atoms with van der Waals surface area (Å²) in [5, 5.41) is 2.71. The Balaban J connectivity index is 1.92. The molecule has 0 heterocycles. The number of carbonyl (C=O) groups is 2. The highest BCUT2D eigenvalue weighted by atomic mass is 16.2. The fraction of sp³-hybridized carbons (Fsp3) is 0.300. The number of amides is 2. The maximum Gasteiger partial charge on any atom is 0.251 e. The lowest BCUT2D eigenvalue weighted by Gasteiger charge is -2.22. The normalized spacial score (nSPS) is 10.2. The zero-order chi connectivity index (χ0) is 17.4. The van der Waals surface area contributed by atoms with Gasteiger partial charge in [-0.25, -0.2) is 0 Å². The smallest absolute Gasteiger partial charge is 0.251 e. The van der Waals surface area contributed by atoms with Crippen molar-refractivity contribution in [2.75, 3.05) is 13.1 Å². The van der Waals surface area contributed by atoms with Crippen LogP contribution in [-0.2, 0) is 11.3 Å². The average molecular weight is 324 g/mol. The minimum absolute atomic E-state index is 0.0134. The van der Waals surface area contributed by atoms with Crippen molar-refractivity contribution in [2.45, 2.75) is 26.8 Å². The van der Waals surface area contributed by atoms with Crippen molar-refractivity contribution in [3.63, 3.8) is 0 Å². The monoisotopic (exact) mass is 324 g/mol. The summed E-state index contributed by atoms with van der Waals surface area (Å²) in [5.41, 5.74) is 2.75. The lowest BCUT2D eigenvalue weighted by atomic mass is 10.1. The zero-order valence-electron chi connectivity index (χ0n) is 14.3. The molecule has 0 aliphatic rings. The first-order chi connectivity index (χ1) is 11.6. The van der Waals surface area contributed by atoms with E-state index in [1.165, 1.54) is 0 Å². The average Bonchev–Trinajstić information content (AvgIpc) is 2.60. The number of hydrogen-bond acceptors (Lipinski definition) is 2. The fourth-order valence-electron chi connectivity index (χ4n) is 2.44. The molecular weight excluding hydrogens is 300 g/mol. The summed E-state index contributed by atoms with van der Waals surface area (Å²) >= 11 is 0. The molecule has 0 radical (unpaired) electrons. The second-order valence-corrected chi connectivity index (χ2v) is 5.85. The standard InChI is InChI=1S/C20H24N2O2/c1-3-13-22(15-17-7-5-4-6-8-17)19(23)14-21-20(24)18-11-9-16(2)10-12-18/h4-12H,3,13-15H2,1-2H3,(H,21,24). The Hall–Kier alpha value is -2.62. The minimum atomic E-state index is -0.223. The molecule has 0 saturated heterocycles. The molecule has 2 amide bonds. The molecule has 2 rings (SSSR count). The number of carbonyl (C=O) groups excluding carboxylic acids is 2. The molecule has 0 fully saturated rings. The Morgan fingerprint density at radius 1 is 1.00 bits per heavy atom. The van der Waals surface area contributed by atoms with E-state index in [1.54, 1.807) is 17.0 Å². The highest BCUT2D eigenvalue weighted by molar-refractivity contribution is 5.96. The maximum atomic E-state index is 12.4. The minimum Gasteiger partial charge on any atom is -0.343 e. The molecule has 0 aromatic heterocycles. The van der Waals surface area contributed by atoms with E-state index >= 15 is 0 Å². The van der Waals surface area contributed by atoms with Crippen LogP contribution < -0.4 is 5.32 Å². The van der Waals surface area contributed by atoms with Crippen LogP contribution in [0.4, 0.5) is 0 Å². The molecule has 24 heavy (non-hydrogen) atoms. The first-order valence-electron chi connectivity index (χ1n) is 8.26. The Labute approximate surface area is 143 Å². The zero-order valence-corrected chi connectivity index (χ0v) is 14.3. The first kappa shape index (κ1) is 17.7. The van der Waals surface area contributed by atoms with Crippen molar-refractivity contribution in [3.05, 3.63) is 71.3 Å². The molecule has 0 bridgehead atoms. The Kier molecular flexibility index (Phi) is 6.55. The van der Waals surface area contributed by atoms with E-state index in [1.807, 2.05) is 56.3 Å². The van der Waals surface area contributed by atoms with Gasteiger partial charge in [-0.3, -0.25) is 9.59 Å². The summed E-state index contributed by atoms with van der Waals surface area (Å²) in [6, 6.07) is 17.2. The summed E-state index contributed by atoms with van der Waals surface area (Å²) < 4.78 is 0. The Morgan fingerprint density at radius 2 is 1.67 bits per heavy atom. The Morgan fingerprint density at radius 3 is 2.29 bits per heavy atom.